The molecule has 0 spiro atoms. The summed E-state index contributed by atoms with van der Waals surface area (Å²) in [7, 11) is 0. The molecule has 1 heterocycles. The molecule has 0 atom stereocenters. The van der Waals surface area contributed by atoms with Crippen molar-refractivity contribution in [3.63, 3.8) is 0 Å². The van der Waals surface area contributed by atoms with E-state index in [-0.39, 0.29) is 12.4 Å². The highest BCUT2D eigenvalue weighted by Crippen LogP contribution is 2.16. The minimum absolute atomic E-state index is 0. The molecule has 0 aliphatic carbocycles. The van der Waals surface area contributed by atoms with Crippen molar-refractivity contribution in [2.24, 2.45) is 0 Å². The Balaban J connectivity index is 0.00000147. The maximum Gasteiger partial charge on any atom is 0.173 e. The van der Waals surface area contributed by atoms with Gasteiger partial charge in [0.15, 0.2) is 18.9 Å². The van der Waals surface area contributed by atoms with Crippen LogP contribution in [0, 0.1) is 0 Å². The molecule has 2 aromatic carbocycles. The topological polar surface area (TPSA) is 3.88 Å². The number of halogens is 1. The Bertz CT molecular complexity index is 633. The highest BCUT2D eigenvalue weighted by Gasteiger charge is 2.03. The molecule has 1 nitrogen and oxygen atoms in total. The third-order valence-electron chi connectivity index (χ3n) is 3.21. The molecule has 3 rings (SSSR count). The fraction of sp³-hybridized carbons (Fsp3) is 0.0556. The van der Waals surface area contributed by atoms with Crippen LogP contribution < -0.4 is 17.0 Å². The molecule has 0 aliphatic rings. The van der Waals surface area contributed by atoms with Crippen molar-refractivity contribution in [3.05, 3.63) is 90.8 Å². The zero-order chi connectivity index (χ0) is 12.9. The summed E-state index contributed by atoms with van der Waals surface area (Å²) in [6.07, 6.45) is 4.27. The minimum atomic E-state index is 0. The fourth-order valence-electron chi connectivity index (χ4n) is 2.18. The van der Waals surface area contributed by atoms with E-state index in [0.717, 1.165) is 6.54 Å². The molecule has 3 aromatic rings. The Morgan fingerprint density at radius 1 is 0.600 bits per heavy atom. The first-order valence-corrected chi connectivity index (χ1v) is 6.50. The first-order chi connectivity index (χ1) is 9.42. The second-order valence-corrected chi connectivity index (χ2v) is 4.61. The van der Waals surface area contributed by atoms with Crippen molar-refractivity contribution in [2.75, 3.05) is 0 Å². The van der Waals surface area contributed by atoms with Crippen molar-refractivity contribution < 1.29 is 17.0 Å². The normalized spacial score (nSPS) is 9.80. The highest BCUT2D eigenvalue weighted by atomic mass is 35.5. The summed E-state index contributed by atoms with van der Waals surface area (Å²) >= 11 is 0. The molecule has 20 heavy (non-hydrogen) atoms. The minimum Gasteiger partial charge on any atom is -1.00 e. The van der Waals surface area contributed by atoms with Gasteiger partial charge in [0.2, 0.25) is 0 Å². The molecule has 0 aliphatic heterocycles. The Labute approximate surface area is 125 Å². The van der Waals surface area contributed by atoms with Gasteiger partial charge in [-0.05, 0) is 11.1 Å². The molecule has 0 bridgehead atoms. The van der Waals surface area contributed by atoms with Crippen LogP contribution in [-0.2, 0) is 6.54 Å². The van der Waals surface area contributed by atoms with Crippen LogP contribution in [0.25, 0.3) is 11.1 Å². The predicted molar refractivity (Wildman–Crippen MR) is 77.6 cm³/mol. The van der Waals surface area contributed by atoms with Gasteiger partial charge >= 0.3 is 0 Å². The number of pyridine rings is 1. The third kappa shape index (κ3) is 3.46. The molecule has 100 valence electrons. The van der Waals surface area contributed by atoms with E-state index in [4.69, 9.17) is 0 Å². The van der Waals surface area contributed by atoms with Gasteiger partial charge in [-0.15, -0.1) is 0 Å². The van der Waals surface area contributed by atoms with E-state index in [0.29, 0.717) is 0 Å². The quantitative estimate of drug-likeness (QED) is 0.622. The van der Waals surface area contributed by atoms with Gasteiger partial charge in [0, 0.05) is 17.7 Å². The van der Waals surface area contributed by atoms with Crippen molar-refractivity contribution >= 4 is 0 Å². The first kappa shape index (κ1) is 14.3. The molecule has 0 saturated heterocycles. The van der Waals surface area contributed by atoms with E-state index in [2.05, 4.69) is 77.6 Å². The molecule has 0 N–H and O–H groups in total. The lowest BCUT2D eigenvalue weighted by Gasteiger charge is -2.01. The van der Waals surface area contributed by atoms with Crippen LogP contribution in [0.2, 0.25) is 0 Å². The lowest BCUT2D eigenvalue weighted by Crippen LogP contribution is -3.00. The summed E-state index contributed by atoms with van der Waals surface area (Å²) < 4.78 is 2.20. The van der Waals surface area contributed by atoms with Gasteiger partial charge in [0.25, 0.3) is 0 Å². The maximum absolute atomic E-state index is 2.20. The zero-order valence-electron chi connectivity index (χ0n) is 11.1. The third-order valence-corrected chi connectivity index (χ3v) is 3.21. The van der Waals surface area contributed by atoms with E-state index < -0.39 is 0 Å². The van der Waals surface area contributed by atoms with E-state index >= 15 is 0 Å². The number of nitrogens with zero attached hydrogens (tertiary/aromatic N) is 1. The van der Waals surface area contributed by atoms with Gasteiger partial charge in [0.1, 0.15) is 0 Å². The highest BCUT2D eigenvalue weighted by molar-refractivity contribution is 5.61. The number of benzene rings is 2. The zero-order valence-corrected chi connectivity index (χ0v) is 11.9. The van der Waals surface area contributed by atoms with Crippen molar-refractivity contribution in [1.29, 1.82) is 0 Å². The molecular weight excluding hydrogens is 266 g/mol. The Morgan fingerprint density at radius 3 is 1.70 bits per heavy atom. The standard InChI is InChI=1S/C18H16N.ClH/c1-3-7-16(8-4-1)15-19-13-11-18(12-14-19)17-9-5-2-6-10-17;/h1-14H,15H2;1H/q+1;/p-1. The Kier molecular flexibility index (Phi) is 4.91. The van der Waals surface area contributed by atoms with Crippen molar-refractivity contribution in [2.45, 2.75) is 6.54 Å². The average molecular weight is 282 g/mol. The summed E-state index contributed by atoms with van der Waals surface area (Å²) in [5.74, 6) is 0. The maximum atomic E-state index is 2.20. The van der Waals surface area contributed by atoms with Crippen LogP contribution in [-0.4, -0.2) is 0 Å². The monoisotopic (exact) mass is 281 g/mol. The van der Waals surface area contributed by atoms with E-state index in [1.165, 1.54) is 16.7 Å². The summed E-state index contributed by atoms with van der Waals surface area (Å²) in [5, 5.41) is 0. The second-order valence-electron chi connectivity index (χ2n) is 4.61. The molecule has 0 unspecified atom stereocenters. The van der Waals surface area contributed by atoms with Crippen LogP contribution in [0.5, 0.6) is 0 Å². The fourth-order valence-corrected chi connectivity index (χ4v) is 2.18. The molecule has 0 saturated carbocycles. The van der Waals surface area contributed by atoms with Crippen molar-refractivity contribution in [3.8, 4) is 11.1 Å². The molecule has 0 radical (unpaired) electrons. The number of rotatable bonds is 3. The summed E-state index contributed by atoms with van der Waals surface area (Å²) in [6.45, 7) is 0.913. The molecule has 2 heteroatoms. The predicted octanol–water partition coefficient (Wildman–Crippen LogP) is 0.693. The second kappa shape index (κ2) is 6.88. The lowest BCUT2D eigenvalue weighted by atomic mass is 10.1. The summed E-state index contributed by atoms with van der Waals surface area (Å²) in [5.41, 5.74) is 3.83. The molecule has 0 amide bonds. The van der Waals surface area contributed by atoms with Crippen LogP contribution in [0.15, 0.2) is 85.2 Å². The molecular formula is C18H16ClN. The lowest BCUT2D eigenvalue weighted by molar-refractivity contribution is -0.688. The van der Waals surface area contributed by atoms with E-state index in [1.807, 2.05) is 12.1 Å². The smallest absolute Gasteiger partial charge is 0.173 e. The number of hydrogen-bond acceptors (Lipinski definition) is 0. The van der Waals surface area contributed by atoms with Crippen LogP contribution in [0.4, 0.5) is 0 Å². The first-order valence-electron chi connectivity index (χ1n) is 6.50. The van der Waals surface area contributed by atoms with Gasteiger partial charge in [-0.2, -0.15) is 0 Å². The molecule has 0 fully saturated rings. The van der Waals surface area contributed by atoms with E-state index in [9.17, 15) is 0 Å². The Hall–Kier alpha value is -2.12. The number of aromatic nitrogens is 1. The van der Waals surface area contributed by atoms with Gasteiger partial charge < -0.3 is 12.4 Å². The van der Waals surface area contributed by atoms with Gasteiger partial charge in [-0.3, -0.25) is 0 Å². The van der Waals surface area contributed by atoms with E-state index in [1.54, 1.807) is 0 Å². The van der Waals surface area contributed by atoms with Crippen LogP contribution in [0.1, 0.15) is 5.56 Å². The van der Waals surface area contributed by atoms with Gasteiger partial charge in [-0.25, -0.2) is 4.57 Å². The van der Waals surface area contributed by atoms with Crippen molar-refractivity contribution in [1.82, 2.24) is 0 Å². The summed E-state index contributed by atoms with van der Waals surface area (Å²) in [4.78, 5) is 0. The largest absolute Gasteiger partial charge is 1.00 e. The average Bonchev–Trinajstić information content (AvgIpc) is 2.50. The Morgan fingerprint density at radius 2 is 1.10 bits per heavy atom. The van der Waals surface area contributed by atoms with Crippen LogP contribution >= 0.6 is 0 Å². The van der Waals surface area contributed by atoms with Gasteiger partial charge in [0.05, 0.1) is 0 Å². The van der Waals surface area contributed by atoms with Crippen LogP contribution in [0.3, 0.4) is 0 Å². The SMILES string of the molecule is [Cl-].c1ccc(C[n+]2ccc(-c3ccccc3)cc2)cc1. The number of hydrogen-bond donors (Lipinski definition) is 0. The van der Waals surface area contributed by atoms with Gasteiger partial charge in [-0.1, -0.05) is 60.7 Å². The summed E-state index contributed by atoms with van der Waals surface area (Å²) in [6, 6.07) is 25.3. The molecule has 1 aromatic heterocycles.